The lowest BCUT2D eigenvalue weighted by Gasteiger charge is -2.11. The van der Waals surface area contributed by atoms with Gasteiger partial charge in [0, 0.05) is 12.3 Å². The quantitative estimate of drug-likeness (QED) is 0.695. The van der Waals surface area contributed by atoms with E-state index in [1.807, 2.05) is 0 Å². The molecule has 1 fully saturated rings. The van der Waals surface area contributed by atoms with Crippen molar-refractivity contribution < 1.29 is 28.6 Å². The van der Waals surface area contributed by atoms with Crippen molar-refractivity contribution in [1.29, 1.82) is 0 Å². The van der Waals surface area contributed by atoms with Gasteiger partial charge in [-0.25, -0.2) is 9.59 Å². The molecule has 8 nitrogen and oxygen atoms in total. The molecule has 1 aliphatic heterocycles. The number of para-hydroxylation sites is 1. The van der Waals surface area contributed by atoms with Gasteiger partial charge in [0.25, 0.3) is 5.91 Å². The van der Waals surface area contributed by atoms with Crippen LogP contribution in [0.3, 0.4) is 0 Å². The van der Waals surface area contributed by atoms with Gasteiger partial charge in [-0.05, 0) is 49.2 Å². The smallest absolute Gasteiger partial charge is 0.338 e. The highest BCUT2D eigenvalue weighted by Gasteiger charge is 2.16. The molecule has 1 aliphatic rings. The summed E-state index contributed by atoms with van der Waals surface area (Å²) in [6.07, 6.45) is 2.13. The maximum absolute atomic E-state index is 12.0. The molecule has 0 bridgehead atoms. The highest BCUT2D eigenvalue weighted by Crippen LogP contribution is 2.17. The molecule has 3 amide bonds. The topological polar surface area (TPSA) is 103 Å². The predicted octanol–water partition coefficient (Wildman–Crippen LogP) is 2.75. The molecule has 29 heavy (non-hydrogen) atoms. The molecule has 0 unspecified atom stereocenters. The second kappa shape index (κ2) is 10.2. The van der Waals surface area contributed by atoms with Crippen LogP contribution in [0, 0.1) is 0 Å². The summed E-state index contributed by atoms with van der Waals surface area (Å²) in [4.78, 5) is 35.5. The second-order valence-electron chi connectivity index (χ2n) is 6.41. The number of carbonyl (C=O) groups excluding carboxylic acids is 3. The van der Waals surface area contributed by atoms with Crippen LogP contribution in [0.5, 0.6) is 5.75 Å². The summed E-state index contributed by atoms with van der Waals surface area (Å²) < 4.78 is 16.0. The highest BCUT2D eigenvalue weighted by atomic mass is 16.5. The van der Waals surface area contributed by atoms with E-state index in [0.717, 1.165) is 19.4 Å². The van der Waals surface area contributed by atoms with Gasteiger partial charge in [-0.15, -0.1) is 0 Å². The lowest BCUT2D eigenvalue weighted by molar-refractivity contribution is -0.123. The number of imide groups is 1. The van der Waals surface area contributed by atoms with Crippen LogP contribution in [-0.4, -0.2) is 43.8 Å². The Bertz CT molecular complexity index is 832. The Labute approximate surface area is 168 Å². The van der Waals surface area contributed by atoms with Crippen molar-refractivity contribution in [3.05, 3.63) is 60.2 Å². The van der Waals surface area contributed by atoms with Gasteiger partial charge in [-0.2, -0.15) is 0 Å². The molecule has 0 radical (unpaired) electrons. The van der Waals surface area contributed by atoms with Crippen LogP contribution in [-0.2, 0) is 14.3 Å². The number of hydrogen-bond donors (Lipinski definition) is 2. The minimum atomic E-state index is -0.733. The SMILES string of the molecule is O=C(COC(=O)c1ccc(OC[C@H]2CCCO2)cc1)NC(=O)Nc1ccccc1. The first-order valence-corrected chi connectivity index (χ1v) is 9.27. The van der Waals surface area contributed by atoms with Crippen LogP contribution in [0.25, 0.3) is 0 Å². The minimum absolute atomic E-state index is 0.109. The van der Waals surface area contributed by atoms with E-state index in [1.165, 1.54) is 0 Å². The predicted molar refractivity (Wildman–Crippen MR) is 105 cm³/mol. The Morgan fingerprint density at radius 1 is 1.03 bits per heavy atom. The number of anilines is 1. The first kappa shape index (κ1) is 20.3. The summed E-state index contributed by atoms with van der Waals surface area (Å²) in [6, 6.07) is 14.4. The Balaban J connectivity index is 1.39. The van der Waals surface area contributed by atoms with Gasteiger partial charge in [0.1, 0.15) is 12.4 Å². The second-order valence-corrected chi connectivity index (χ2v) is 6.41. The maximum Gasteiger partial charge on any atom is 0.338 e. The third-order valence-corrected chi connectivity index (χ3v) is 4.17. The van der Waals surface area contributed by atoms with Crippen molar-refractivity contribution in [2.45, 2.75) is 18.9 Å². The summed E-state index contributed by atoms with van der Waals surface area (Å²) in [5.74, 6) is -0.787. The molecule has 2 aromatic rings. The molecule has 1 atom stereocenters. The van der Waals surface area contributed by atoms with Crippen LogP contribution < -0.4 is 15.4 Å². The molecule has 2 N–H and O–H groups in total. The fraction of sp³-hybridized carbons (Fsp3) is 0.286. The number of carbonyl (C=O) groups is 3. The largest absolute Gasteiger partial charge is 0.491 e. The summed E-state index contributed by atoms with van der Waals surface area (Å²) in [5, 5.41) is 4.59. The average Bonchev–Trinajstić information content (AvgIpc) is 3.25. The van der Waals surface area contributed by atoms with Crippen LogP contribution in [0.4, 0.5) is 10.5 Å². The molecule has 1 saturated heterocycles. The molecule has 0 aromatic heterocycles. The zero-order valence-electron chi connectivity index (χ0n) is 15.8. The van der Waals surface area contributed by atoms with Crippen molar-refractivity contribution in [3.63, 3.8) is 0 Å². The van der Waals surface area contributed by atoms with Crippen molar-refractivity contribution in [2.75, 3.05) is 25.1 Å². The van der Waals surface area contributed by atoms with Crippen LogP contribution in [0.15, 0.2) is 54.6 Å². The fourth-order valence-electron chi connectivity index (χ4n) is 2.71. The van der Waals surface area contributed by atoms with Crippen LogP contribution >= 0.6 is 0 Å². The molecule has 0 aliphatic carbocycles. The molecule has 8 heteroatoms. The number of ether oxygens (including phenoxy) is 3. The summed E-state index contributed by atoms with van der Waals surface area (Å²) in [7, 11) is 0. The van der Waals surface area contributed by atoms with E-state index in [2.05, 4.69) is 10.6 Å². The van der Waals surface area contributed by atoms with Gasteiger partial charge in [0.05, 0.1) is 11.7 Å². The molecular formula is C21H22N2O6. The van der Waals surface area contributed by atoms with Crippen molar-refractivity contribution in [2.24, 2.45) is 0 Å². The van der Waals surface area contributed by atoms with E-state index >= 15 is 0 Å². The highest BCUT2D eigenvalue weighted by molar-refractivity contribution is 6.02. The summed E-state index contributed by atoms with van der Waals surface area (Å²) >= 11 is 0. The van der Waals surface area contributed by atoms with E-state index in [-0.39, 0.29) is 11.7 Å². The molecule has 3 rings (SSSR count). The van der Waals surface area contributed by atoms with Gasteiger partial charge in [0.15, 0.2) is 6.61 Å². The summed E-state index contributed by atoms with van der Waals surface area (Å²) in [6.45, 7) is 0.660. The minimum Gasteiger partial charge on any atom is -0.491 e. The lowest BCUT2D eigenvalue weighted by Crippen LogP contribution is -2.37. The normalized spacial score (nSPS) is 15.4. The molecule has 1 heterocycles. The zero-order chi connectivity index (χ0) is 20.5. The number of nitrogens with one attached hydrogen (secondary N) is 2. The van der Waals surface area contributed by atoms with Crippen molar-refractivity contribution in [3.8, 4) is 5.75 Å². The van der Waals surface area contributed by atoms with Gasteiger partial charge < -0.3 is 19.5 Å². The Hall–Kier alpha value is -3.39. The van der Waals surface area contributed by atoms with E-state index in [4.69, 9.17) is 14.2 Å². The van der Waals surface area contributed by atoms with Crippen molar-refractivity contribution in [1.82, 2.24) is 5.32 Å². The molecule has 0 spiro atoms. The van der Waals surface area contributed by atoms with E-state index < -0.39 is 24.5 Å². The average molecular weight is 398 g/mol. The molecule has 152 valence electrons. The van der Waals surface area contributed by atoms with Crippen LogP contribution in [0.1, 0.15) is 23.2 Å². The van der Waals surface area contributed by atoms with Crippen LogP contribution in [0.2, 0.25) is 0 Å². The number of urea groups is 1. The monoisotopic (exact) mass is 398 g/mol. The number of hydrogen-bond acceptors (Lipinski definition) is 6. The number of rotatable bonds is 7. The van der Waals surface area contributed by atoms with Gasteiger partial charge in [-0.1, -0.05) is 18.2 Å². The maximum atomic E-state index is 12.0. The Kier molecular flexibility index (Phi) is 7.18. The first-order valence-electron chi connectivity index (χ1n) is 9.27. The van der Waals surface area contributed by atoms with Gasteiger partial charge >= 0.3 is 12.0 Å². The standard InChI is InChI=1S/C21H22N2O6/c24-19(23-21(26)22-16-5-2-1-3-6-16)14-29-20(25)15-8-10-17(11-9-15)28-13-18-7-4-12-27-18/h1-3,5-6,8-11,18H,4,7,12-14H2,(H2,22,23,24,26)/t18-/m1/s1. The van der Waals surface area contributed by atoms with E-state index in [1.54, 1.807) is 54.6 Å². The van der Waals surface area contributed by atoms with E-state index in [9.17, 15) is 14.4 Å². The number of amides is 3. The molecular weight excluding hydrogens is 376 g/mol. The van der Waals surface area contributed by atoms with Gasteiger partial charge in [-0.3, -0.25) is 10.1 Å². The third kappa shape index (κ3) is 6.62. The number of benzene rings is 2. The summed E-state index contributed by atoms with van der Waals surface area (Å²) in [5.41, 5.74) is 0.813. The third-order valence-electron chi connectivity index (χ3n) is 4.17. The molecule has 2 aromatic carbocycles. The lowest BCUT2D eigenvalue weighted by atomic mass is 10.2. The van der Waals surface area contributed by atoms with Gasteiger partial charge in [0.2, 0.25) is 0 Å². The van der Waals surface area contributed by atoms with Crippen molar-refractivity contribution >= 4 is 23.6 Å². The van der Waals surface area contributed by atoms with E-state index in [0.29, 0.717) is 18.0 Å². The fourth-order valence-corrected chi connectivity index (χ4v) is 2.71. The Morgan fingerprint density at radius 3 is 2.48 bits per heavy atom. The first-order chi connectivity index (χ1) is 14.1. The molecule has 0 saturated carbocycles. The number of esters is 1. The zero-order valence-corrected chi connectivity index (χ0v) is 15.8. The Morgan fingerprint density at radius 2 is 1.79 bits per heavy atom.